The first kappa shape index (κ1) is 25.2. The van der Waals surface area contributed by atoms with Gasteiger partial charge in [0.1, 0.15) is 0 Å². The Morgan fingerprint density at radius 1 is 0.600 bits per heavy atom. The molecule has 0 fully saturated rings. The van der Waals surface area contributed by atoms with Crippen molar-refractivity contribution in [1.82, 2.24) is 15.4 Å². The fourth-order valence-electron chi connectivity index (χ4n) is 2.72. The van der Waals surface area contributed by atoms with Crippen LogP contribution in [0, 0.1) is 0 Å². The second kappa shape index (κ2) is 24.2. The number of hydrogen-bond acceptors (Lipinski definition) is 5. The van der Waals surface area contributed by atoms with Gasteiger partial charge in [-0.25, -0.2) is 0 Å². The fraction of sp³-hybridized carbons (Fsp3) is 1.00. The average Bonchev–Trinajstić information content (AvgIpc) is 2.63. The summed E-state index contributed by atoms with van der Waals surface area (Å²) in [5.74, 6) is 1.26. The molecule has 0 radical (unpaired) electrons. The number of rotatable bonds is 22. The zero-order valence-corrected chi connectivity index (χ0v) is 17.7. The maximum absolute atomic E-state index is 5.46. The quantitative estimate of drug-likeness (QED) is 0.170. The SMILES string of the molecule is CCCCCCCCCCSNCCCNCCCCNCCCN. The van der Waals surface area contributed by atoms with Crippen molar-refractivity contribution >= 4 is 11.9 Å². The van der Waals surface area contributed by atoms with E-state index < -0.39 is 0 Å². The van der Waals surface area contributed by atoms with Crippen molar-refractivity contribution in [3.05, 3.63) is 0 Å². The van der Waals surface area contributed by atoms with E-state index in [1.807, 2.05) is 11.9 Å². The summed E-state index contributed by atoms with van der Waals surface area (Å²) in [6.07, 6.45) is 16.1. The minimum atomic E-state index is 0.792. The van der Waals surface area contributed by atoms with E-state index in [0.29, 0.717) is 0 Å². The van der Waals surface area contributed by atoms with Crippen molar-refractivity contribution in [2.45, 2.75) is 84.0 Å². The van der Waals surface area contributed by atoms with Crippen LogP contribution in [0.25, 0.3) is 0 Å². The third-order valence-electron chi connectivity index (χ3n) is 4.35. The lowest BCUT2D eigenvalue weighted by atomic mass is 10.1. The predicted octanol–water partition coefficient (Wildman–Crippen LogP) is 4.06. The summed E-state index contributed by atoms with van der Waals surface area (Å²) in [6, 6.07) is 0. The summed E-state index contributed by atoms with van der Waals surface area (Å²) in [6.45, 7) is 8.65. The highest BCUT2D eigenvalue weighted by Gasteiger charge is 1.94. The van der Waals surface area contributed by atoms with Crippen LogP contribution in [-0.2, 0) is 0 Å². The average molecular weight is 375 g/mol. The zero-order valence-electron chi connectivity index (χ0n) is 16.9. The maximum atomic E-state index is 5.46. The summed E-state index contributed by atoms with van der Waals surface area (Å²) < 4.78 is 3.49. The van der Waals surface area contributed by atoms with E-state index >= 15 is 0 Å². The standard InChI is InChI=1S/C20H46N4S/c1-2-3-4-5-6-7-8-11-20-25-24-19-13-18-23-16-10-9-15-22-17-12-14-21/h22-24H,2-21H2,1H3. The van der Waals surface area contributed by atoms with Gasteiger partial charge in [0.2, 0.25) is 0 Å². The third kappa shape index (κ3) is 24.2. The minimum Gasteiger partial charge on any atom is -0.330 e. The van der Waals surface area contributed by atoms with E-state index in [1.165, 1.54) is 76.4 Å². The zero-order chi connectivity index (χ0) is 18.3. The van der Waals surface area contributed by atoms with Crippen LogP contribution in [0.1, 0.15) is 84.0 Å². The molecule has 0 aliphatic heterocycles. The Bertz CT molecular complexity index is 208. The molecular formula is C20H46N4S. The summed E-state index contributed by atoms with van der Waals surface area (Å²) >= 11 is 1.91. The molecule has 0 saturated heterocycles. The molecule has 0 aromatic heterocycles. The van der Waals surface area contributed by atoms with Crippen molar-refractivity contribution < 1.29 is 0 Å². The van der Waals surface area contributed by atoms with Gasteiger partial charge in [0, 0.05) is 12.3 Å². The summed E-state index contributed by atoms with van der Waals surface area (Å²) in [7, 11) is 0. The molecule has 0 aliphatic rings. The molecule has 0 rings (SSSR count). The number of hydrogen-bond donors (Lipinski definition) is 4. The van der Waals surface area contributed by atoms with Crippen LogP contribution in [0.2, 0.25) is 0 Å². The third-order valence-corrected chi connectivity index (χ3v) is 5.25. The number of nitrogens with two attached hydrogens (primary N) is 1. The van der Waals surface area contributed by atoms with Gasteiger partial charge in [0.25, 0.3) is 0 Å². The monoisotopic (exact) mass is 374 g/mol. The van der Waals surface area contributed by atoms with Gasteiger partial charge < -0.3 is 16.4 Å². The first-order valence-electron chi connectivity index (χ1n) is 10.9. The predicted molar refractivity (Wildman–Crippen MR) is 116 cm³/mol. The Balaban J connectivity index is 2.94. The van der Waals surface area contributed by atoms with Gasteiger partial charge in [0.05, 0.1) is 0 Å². The molecule has 0 aromatic carbocycles. The lowest BCUT2D eigenvalue weighted by molar-refractivity contribution is 0.568. The Morgan fingerprint density at radius 3 is 1.80 bits per heavy atom. The lowest BCUT2D eigenvalue weighted by Gasteiger charge is -2.07. The van der Waals surface area contributed by atoms with Crippen LogP contribution in [0.4, 0.5) is 0 Å². The molecule has 25 heavy (non-hydrogen) atoms. The maximum Gasteiger partial charge on any atom is 0.00786 e. The molecule has 0 bridgehead atoms. The van der Waals surface area contributed by atoms with Crippen LogP contribution in [0.5, 0.6) is 0 Å². The molecule has 0 aromatic rings. The summed E-state index contributed by atoms with van der Waals surface area (Å²) in [5, 5.41) is 6.95. The van der Waals surface area contributed by atoms with Crippen molar-refractivity contribution in [1.29, 1.82) is 0 Å². The molecule has 4 nitrogen and oxygen atoms in total. The van der Waals surface area contributed by atoms with Crippen LogP contribution in [0.15, 0.2) is 0 Å². The van der Waals surface area contributed by atoms with E-state index in [9.17, 15) is 0 Å². The summed E-state index contributed by atoms with van der Waals surface area (Å²) in [4.78, 5) is 0. The van der Waals surface area contributed by atoms with Gasteiger partial charge in [0.15, 0.2) is 0 Å². The van der Waals surface area contributed by atoms with Crippen molar-refractivity contribution in [3.8, 4) is 0 Å². The molecule has 152 valence electrons. The Hall–Kier alpha value is 0.190. The second-order valence-corrected chi connectivity index (χ2v) is 7.91. The van der Waals surface area contributed by atoms with Crippen molar-refractivity contribution in [3.63, 3.8) is 0 Å². The number of unbranched alkanes of at least 4 members (excludes halogenated alkanes) is 8. The first-order chi connectivity index (χ1) is 12.4. The van der Waals surface area contributed by atoms with Crippen LogP contribution in [-0.4, -0.2) is 45.0 Å². The lowest BCUT2D eigenvalue weighted by Crippen LogP contribution is -2.22. The molecule has 5 N–H and O–H groups in total. The molecule has 0 spiro atoms. The molecule has 0 unspecified atom stereocenters. The van der Waals surface area contributed by atoms with Crippen LogP contribution >= 0.6 is 11.9 Å². The van der Waals surface area contributed by atoms with E-state index in [1.54, 1.807) is 0 Å². The van der Waals surface area contributed by atoms with Crippen LogP contribution in [0.3, 0.4) is 0 Å². The summed E-state index contributed by atoms with van der Waals surface area (Å²) in [5.41, 5.74) is 5.46. The van der Waals surface area contributed by atoms with E-state index in [4.69, 9.17) is 5.73 Å². The Labute approximate surface area is 162 Å². The number of nitrogens with one attached hydrogen (secondary N) is 3. The molecular weight excluding hydrogens is 328 g/mol. The van der Waals surface area contributed by atoms with Crippen molar-refractivity contribution in [2.24, 2.45) is 5.73 Å². The largest absolute Gasteiger partial charge is 0.330 e. The smallest absolute Gasteiger partial charge is 0.00786 e. The highest BCUT2D eigenvalue weighted by molar-refractivity contribution is 7.97. The van der Waals surface area contributed by atoms with E-state index in [2.05, 4.69) is 22.3 Å². The van der Waals surface area contributed by atoms with Gasteiger partial charge in [-0.15, -0.1) is 0 Å². The Morgan fingerprint density at radius 2 is 1.16 bits per heavy atom. The Kier molecular flexibility index (Phi) is 24.4. The van der Waals surface area contributed by atoms with E-state index in [-0.39, 0.29) is 0 Å². The van der Waals surface area contributed by atoms with Gasteiger partial charge in [-0.3, -0.25) is 4.72 Å². The highest BCUT2D eigenvalue weighted by atomic mass is 32.2. The highest BCUT2D eigenvalue weighted by Crippen LogP contribution is 2.09. The van der Waals surface area contributed by atoms with Gasteiger partial charge >= 0.3 is 0 Å². The second-order valence-electron chi connectivity index (χ2n) is 6.92. The minimum absolute atomic E-state index is 0.792. The van der Waals surface area contributed by atoms with Crippen molar-refractivity contribution in [2.75, 3.05) is 45.0 Å². The van der Waals surface area contributed by atoms with E-state index in [0.717, 1.165) is 45.7 Å². The first-order valence-corrected chi connectivity index (χ1v) is 11.9. The van der Waals surface area contributed by atoms with Gasteiger partial charge in [-0.2, -0.15) is 0 Å². The van der Waals surface area contributed by atoms with Gasteiger partial charge in [-0.05, 0) is 64.8 Å². The molecule has 0 heterocycles. The van der Waals surface area contributed by atoms with Crippen LogP contribution < -0.4 is 21.1 Å². The molecule has 0 aliphatic carbocycles. The molecule has 0 saturated carbocycles. The topological polar surface area (TPSA) is 62.1 Å². The molecule has 5 heteroatoms. The van der Waals surface area contributed by atoms with Gasteiger partial charge in [-0.1, -0.05) is 63.8 Å². The fourth-order valence-corrected chi connectivity index (χ4v) is 3.50. The molecule has 0 amide bonds. The normalized spacial score (nSPS) is 11.3. The molecule has 0 atom stereocenters.